The zero-order chi connectivity index (χ0) is 7.11. The van der Waals surface area contributed by atoms with E-state index < -0.39 is 0 Å². The first kappa shape index (κ1) is 8.54. The third kappa shape index (κ3) is 4.07. The van der Waals surface area contributed by atoms with Crippen LogP contribution >= 0.6 is 0 Å². The third-order valence-corrected chi connectivity index (χ3v) is 1.19. The second kappa shape index (κ2) is 5.67. The summed E-state index contributed by atoms with van der Waals surface area (Å²) in [4.78, 5) is 0. The Morgan fingerprint density at radius 2 is 2.11 bits per heavy atom. The van der Waals surface area contributed by atoms with E-state index in [0.29, 0.717) is 0 Å². The van der Waals surface area contributed by atoms with Gasteiger partial charge in [-0.3, -0.25) is 0 Å². The van der Waals surface area contributed by atoms with E-state index in [0.717, 1.165) is 12.5 Å². The minimum Gasteiger partial charge on any atom is -0.502 e. The molecule has 1 heterocycles. The van der Waals surface area contributed by atoms with Crippen LogP contribution in [0.5, 0.6) is 0 Å². The van der Waals surface area contributed by atoms with Gasteiger partial charge in [0.25, 0.3) is 0 Å². The van der Waals surface area contributed by atoms with E-state index in [2.05, 4.69) is 13.0 Å². The summed E-state index contributed by atoms with van der Waals surface area (Å²) in [5, 5.41) is 0. The molecule has 0 N–H and O–H groups in total. The number of rotatable bonds is 0. The highest BCUT2D eigenvalue weighted by atomic mass is 16.5. The summed E-state index contributed by atoms with van der Waals surface area (Å²) in [5.41, 5.74) is 0. The molecule has 1 unspecified atom stereocenters. The fourth-order valence-corrected chi connectivity index (χ4v) is 0.608. The lowest BCUT2D eigenvalue weighted by Gasteiger charge is -2.10. The van der Waals surface area contributed by atoms with Gasteiger partial charge >= 0.3 is 0 Å². The third-order valence-electron chi connectivity index (χ3n) is 1.19. The zero-order valence-electron chi connectivity index (χ0n) is 6.55. The van der Waals surface area contributed by atoms with E-state index in [9.17, 15) is 0 Å². The summed E-state index contributed by atoms with van der Waals surface area (Å²) in [5.74, 6) is 0.730. The van der Waals surface area contributed by atoms with E-state index in [1.54, 1.807) is 6.26 Å². The molecule has 1 aliphatic heterocycles. The van der Waals surface area contributed by atoms with Crippen LogP contribution in [0, 0.1) is 5.92 Å². The molecular formula is C8H16O. The van der Waals surface area contributed by atoms with Crippen molar-refractivity contribution < 1.29 is 4.74 Å². The van der Waals surface area contributed by atoms with Crippen molar-refractivity contribution in [2.24, 2.45) is 5.92 Å². The normalized spacial score (nSPS) is 23.7. The Morgan fingerprint density at radius 1 is 1.44 bits per heavy atom. The number of ether oxygens (including phenoxy) is 1. The van der Waals surface area contributed by atoms with Crippen LogP contribution in [0.3, 0.4) is 0 Å². The first-order valence-corrected chi connectivity index (χ1v) is 3.68. The van der Waals surface area contributed by atoms with Gasteiger partial charge in [-0.25, -0.2) is 0 Å². The Hall–Kier alpha value is -0.460. The highest BCUT2D eigenvalue weighted by molar-refractivity contribution is 4.83. The van der Waals surface area contributed by atoms with E-state index in [1.807, 2.05) is 13.8 Å². The smallest absolute Gasteiger partial charge is 0.0878 e. The molecule has 1 aliphatic rings. The number of hydrogen-bond donors (Lipinski definition) is 0. The molecule has 0 bridgehead atoms. The topological polar surface area (TPSA) is 9.23 Å². The van der Waals surface area contributed by atoms with Gasteiger partial charge in [0, 0.05) is 0 Å². The maximum atomic E-state index is 4.96. The molecule has 0 aromatic rings. The minimum atomic E-state index is 0.730. The van der Waals surface area contributed by atoms with Gasteiger partial charge in [0.15, 0.2) is 0 Å². The van der Waals surface area contributed by atoms with Gasteiger partial charge in [-0.15, -0.1) is 0 Å². The second-order valence-corrected chi connectivity index (χ2v) is 1.97. The average molecular weight is 128 g/mol. The van der Waals surface area contributed by atoms with Crippen LogP contribution in [-0.4, -0.2) is 6.61 Å². The van der Waals surface area contributed by atoms with Crippen molar-refractivity contribution in [3.63, 3.8) is 0 Å². The Morgan fingerprint density at radius 3 is 2.33 bits per heavy atom. The molecule has 1 rings (SSSR count). The molecule has 1 heteroatoms. The van der Waals surface area contributed by atoms with Gasteiger partial charge in [0.2, 0.25) is 0 Å². The quantitative estimate of drug-likeness (QED) is 0.487. The van der Waals surface area contributed by atoms with Crippen LogP contribution in [0.25, 0.3) is 0 Å². The van der Waals surface area contributed by atoms with Gasteiger partial charge in [-0.05, 0) is 18.4 Å². The SMILES string of the molecule is CC.CC1C=COCC1. The second-order valence-electron chi connectivity index (χ2n) is 1.97. The molecule has 54 valence electrons. The van der Waals surface area contributed by atoms with Crippen LogP contribution in [-0.2, 0) is 4.74 Å². The number of allylic oxidation sites excluding steroid dienone is 1. The Kier molecular flexibility index (Phi) is 5.38. The molecule has 0 amide bonds. The minimum absolute atomic E-state index is 0.730. The summed E-state index contributed by atoms with van der Waals surface area (Å²) < 4.78 is 4.96. The lowest BCUT2D eigenvalue weighted by atomic mass is 10.1. The number of hydrogen-bond acceptors (Lipinski definition) is 1. The van der Waals surface area contributed by atoms with Crippen LogP contribution < -0.4 is 0 Å². The van der Waals surface area contributed by atoms with Crippen molar-refractivity contribution in [3.8, 4) is 0 Å². The van der Waals surface area contributed by atoms with Crippen molar-refractivity contribution >= 4 is 0 Å². The van der Waals surface area contributed by atoms with E-state index in [1.165, 1.54) is 6.42 Å². The molecule has 0 spiro atoms. The van der Waals surface area contributed by atoms with Crippen LogP contribution in [0.2, 0.25) is 0 Å². The molecule has 0 saturated heterocycles. The highest BCUT2D eigenvalue weighted by Crippen LogP contribution is 2.08. The van der Waals surface area contributed by atoms with E-state index in [4.69, 9.17) is 4.74 Å². The van der Waals surface area contributed by atoms with Crippen LogP contribution in [0.4, 0.5) is 0 Å². The maximum Gasteiger partial charge on any atom is 0.0878 e. The Bertz CT molecular complexity index is 76.6. The lowest BCUT2D eigenvalue weighted by Crippen LogP contribution is -2.01. The van der Waals surface area contributed by atoms with Crippen LogP contribution in [0.15, 0.2) is 12.3 Å². The molecular weight excluding hydrogens is 112 g/mol. The molecule has 0 aliphatic carbocycles. The van der Waals surface area contributed by atoms with Gasteiger partial charge in [0.05, 0.1) is 12.9 Å². The van der Waals surface area contributed by atoms with Crippen molar-refractivity contribution in [2.75, 3.05) is 6.61 Å². The first-order valence-electron chi connectivity index (χ1n) is 3.68. The predicted molar refractivity (Wildman–Crippen MR) is 40.2 cm³/mol. The molecule has 0 saturated carbocycles. The average Bonchev–Trinajstić information content (AvgIpc) is 1.94. The molecule has 9 heavy (non-hydrogen) atoms. The summed E-state index contributed by atoms with van der Waals surface area (Å²) in [6.45, 7) is 7.09. The molecule has 0 aromatic heterocycles. The van der Waals surface area contributed by atoms with Gasteiger partial charge < -0.3 is 4.74 Å². The van der Waals surface area contributed by atoms with Gasteiger partial charge in [0.1, 0.15) is 0 Å². The van der Waals surface area contributed by atoms with Crippen molar-refractivity contribution in [1.29, 1.82) is 0 Å². The van der Waals surface area contributed by atoms with Crippen molar-refractivity contribution in [1.82, 2.24) is 0 Å². The molecule has 1 nitrogen and oxygen atoms in total. The van der Waals surface area contributed by atoms with Gasteiger partial charge in [-0.2, -0.15) is 0 Å². The first-order chi connectivity index (χ1) is 4.39. The standard InChI is InChI=1S/C6H10O.C2H6/c1-6-2-4-7-5-3-6;1-2/h2,4,6H,3,5H2,1H3;1-2H3. The Balaban J connectivity index is 0.000000291. The molecule has 1 atom stereocenters. The predicted octanol–water partition coefficient (Wildman–Crippen LogP) is 2.58. The van der Waals surface area contributed by atoms with Crippen molar-refractivity contribution in [2.45, 2.75) is 27.2 Å². The molecule has 0 radical (unpaired) electrons. The van der Waals surface area contributed by atoms with Crippen molar-refractivity contribution in [3.05, 3.63) is 12.3 Å². The zero-order valence-corrected chi connectivity index (χ0v) is 6.55. The molecule has 0 aromatic carbocycles. The monoisotopic (exact) mass is 128 g/mol. The fraction of sp³-hybridized carbons (Fsp3) is 0.750. The van der Waals surface area contributed by atoms with Crippen LogP contribution in [0.1, 0.15) is 27.2 Å². The van der Waals surface area contributed by atoms with Gasteiger partial charge in [-0.1, -0.05) is 20.8 Å². The molecule has 0 fully saturated rings. The summed E-state index contributed by atoms with van der Waals surface area (Å²) in [7, 11) is 0. The fourth-order valence-electron chi connectivity index (χ4n) is 0.608. The highest BCUT2D eigenvalue weighted by Gasteiger charge is 1.99. The summed E-state index contributed by atoms with van der Waals surface area (Å²) in [6, 6.07) is 0. The lowest BCUT2D eigenvalue weighted by molar-refractivity contribution is 0.212. The summed E-state index contributed by atoms with van der Waals surface area (Å²) in [6.07, 6.45) is 5.05. The van der Waals surface area contributed by atoms with E-state index in [-0.39, 0.29) is 0 Å². The Labute approximate surface area is 57.7 Å². The van der Waals surface area contributed by atoms with E-state index >= 15 is 0 Å². The largest absolute Gasteiger partial charge is 0.502 e. The maximum absolute atomic E-state index is 4.96. The summed E-state index contributed by atoms with van der Waals surface area (Å²) >= 11 is 0.